The second kappa shape index (κ2) is 6.50. The molecule has 0 saturated carbocycles. The van der Waals surface area contributed by atoms with Crippen LogP contribution in [0.1, 0.15) is 19.3 Å². The molecule has 1 aliphatic rings. The van der Waals surface area contributed by atoms with Gasteiger partial charge in [-0.15, -0.1) is 0 Å². The van der Waals surface area contributed by atoms with E-state index in [-0.39, 0.29) is 10.6 Å². The number of rotatable bonds is 4. The molecule has 0 aliphatic carbocycles. The van der Waals surface area contributed by atoms with Crippen molar-refractivity contribution in [2.75, 3.05) is 32.0 Å². The summed E-state index contributed by atoms with van der Waals surface area (Å²) >= 11 is 11.4. The maximum atomic E-state index is 5.70. The zero-order valence-corrected chi connectivity index (χ0v) is 11.9. The lowest BCUT2D eigenvalue weighted by molar-refractivity contribution is 0.215. The van der Waals surface area contributed by atoms with Gasteiger partial charge < -0.3 is 10.2 Å². The molecule has 1 N–H and O–H groups in total. The first-order valence-corrected chi connectivity index (χ1v) is 6.88. The highest BCUT2D eigenvalue weighted by molar-refractivity contribution is 6.31. The van der Waals surface area contributed by atoms with Crippen LogP contribution in [0.25, 0.3) is 0 Å². The first-order valence-electron chi connectivity index (χ1n) is 6.13. The molecule has 18 heavy (non-hydrogen) atoms. The summed E-state index contributed by atoms with van der Waals surface area (Å²) in [4.78, 5) is 14.0. The van der Waals surface area contributed by atoms with Crippen molar-refractivity contribution in [3.05, 3.63) is 10.6 Å². The summed E-state index contributed by atoms with van der Waals surface area (Å²) in [6.07, 6.45) is 3.64. The zero-order valence-electron chi connectivity index (χ0n) is 10.4. The van der Waals surface area contributed by atoms with Gasteiger partial charge >= 0.3 is 0 Å². The van der Waals surface area contributed by atoms with Gasteiger partial charge in [0.25, 0.3) is 0 Å². The van der Waals surface area contributed by atoms with E-state index in [0.717, 1.165) is 18.9 Å². The van der Waals surface area contributed by atoms with Crippen molar-refractivity contribution in [2.24, 2.45) is 5.92 Å². The van der Waals surface area contributed by atoms with Crippen molar-refractivity contribution in [3.8, 4) is 0 Å². The van der Waals surface area contributed by atoms with E-state index < -0.39 is 0 Å². The number of likely N-dealkylation sites (tertiary alicyclic amines) is 1. The van der Waals surface area contributed by atoms with E-state index in [1.165, 1.54) is 25.9 Å². The Hall–Kier alpha value is -0.650. The summed E-state index contributed by atoms with van der Waals surface area (Å²) in [7, 11) is 2.17. The number of aromatic nitrogens is 3. The van der Waals surface area contributed by atoms with Gasteiger partial charge in [0.1, 0.15) is 0 Å². The van der Waals surface area contributed by atoms with E-state index >= 15 is 0 Å². The highest BCUT2D eigenvalue weighted by atomic mass is 35.5. The quantitative estimate of drug-likeness (QED) is 0.922. The summed E-state index contributed by atoms with van der Waals surface area (Å²) in [5.74, 6) is 1.23. The minimum Gasteiger partial charge on any atom is -0.354 e. The average Bonchev–Trinajstić information content (AvgIpc) is 2.30. The summed E-state index contributed by atoms with van der Waals surface area (Å²) in [6.45, 7) is 3.22. The minimum absolute atomic E-state index is 0.122. The van der Waals surface area contributed by atoms with Gasteiger partial charge in [0.15, 0.2) is 0 Å². The fraction of sp³-hybridized carbons (Fsp3) is 0.727. The van der Waals surface area contributed by atoms with Crippen LogP contribution >= 0.6 is 23.2 Å². The van der Waals surface area contributed by atoms with Crippen molar-refractivity contribution < 1.29 is 0 Å². The van der Waals surface area contributed by atoms with Crippen LogP contribution in [0.3, 0.4) is 0 Å². The predicted molar refractivity (Wildman–Crippen MR) is 73.2 cm³/mol. The maximum absolute atomic E-state index is 5.70. The molecule has 0 bridgehead atoms. The first kappa shape index (κ1) is 13.8. The Morgan fingerprint density at radius 3 is 2.39 bits per heavy atom. The van der Waals surface area contributed by atoms with Crippen LogP contribution in [-0.4, -0.2) is 46.5 Å². The molecule has 2 rings (SSSR count). The van der Waals surface area contributed by atoms with E-state index in [1.807, 2.05) is 0 Å². The Morgan fingerprint density at radius 1 is 1.17 bits per heavy atom. The SMILES string of the molecule is CN1CCC(CCNc2nc(Cl)nc(Cl)n2)CC1. The normalized spacial score (nSPS) is 17.9. The largest absolute Gasteiger partial charge is 0.354 e. The molecule has 0 aromatic carbocycles. The van der Waals surface area contributed by atoms with Crippen molar-refractivity contribution in [3.63, 3.8) is 0 Å². The Balaban J connectivity index is 1.74. The number of nitrogens with zero attached hydrogens (tertiary/aromatic N) is 4. The van der Waals surface area contributed by atoms with E-state index in [4.69, 9.17) is 23.2 Å². The second-order valence-corrected chi connectivity index (χ2v) is 5.34. The van der Waals surface area contributed by atoms with Gasteiger partial charge in [-0.1, -0.05) is 0 Å². The third-order valence-electron chi connectivity index (χ3n) is 3.25. The topological polar surface area (TPSA) is 53.9 Å². The van der Waals surface area contributed by atoms with Crippen LogP contribution < -0.4 is 5.32 Å². The van der Waals surface area contributed by atoms with E-state index in [1.54, 1.807) is 0 Å². The molecule has 5 nitrogen and oxygen atoms in total. The lowest BCUT2D eigenvalue weighted by atomic mass is 9.94. The smallest absolute Gasteiger partial charge is 0.228 e. The van der Waals surface area contributed by atoms with Crippen LogP contribution in [0.2, 0.25) is 10.6 Å². The molecule has 1 aromatic rings. The minimum atomic E-state index is 0.122. The van der Waals surface area contributed by atoms with Crippen molar-refractivity contribution in [1.29, 1.82) is 0 Å². The van der Waals surface area contributed by atoms with Gasteiger partial charge in [-0.05, 0) is 68.5 Å². The molecule has 100 valence electrons. The Morgan fingerprint density at radius 2 is 1.78 bits per heavy atom. The molecule has 0 amide bonds. The first-order chi connectivity index (χ1) is 8.63. The molecule has 1 aromatic heterocycles. The molecule has 1 fully saturated rings. The fourth-order valence-corrected chi connectivity index (χ4v) is 2.51. The Labute approximate surface area is 117 Å². The number of nitrogens with one attached hydrogen (secondary N) is 1. The molecular weight excluding hydrogens is 273 g/mol. The molecule has 1 aliphatic heterocycles. The molecule has 0 atom stereocenters. The van der Waals surface area contributed by atoms with Crippen molar-refractivity contribution >= 4 is 29.2 Å². The van der Waals surface area contributed by atoms with Crippen LogP contribution in [-0.2, 0) is 0 Å². The number of hydrogen-bond donors (Lipinski definition) is 1. The van der Waals surface area contributed by atoms with Gasteiger partial charge in [0.05, 0.1) is 0 Å². The number of anilines is 1. The van der Waals surface area contributed by atoms with Crippen molar-refractivity contribution in [2.45, 2.75) is 19.3 Å². The Kier molecular flexibility index (Phi) is 4.97. The third kappa shape index (κ3) is 4.23. The van der Waals surface area contributed by atoms with Gasteiger partial charge in [-0.25, -0.2) is 0 Å². The maximum Gasteiger partial charge on any atom is 0.228 e. The van der Waals surface area contributed by atoms with Crippen LogP contribution in [0.15, 0.2) is 0 Å². The number of halogens is 2. The van der Waals surface area contributed by atoms with Gasteiger partial charge in [-0.3, -0.25) is 0 Å². The van der Waals surface area contributed by atoms with Crippen LogP contribution in [0.4, 0.5) is 5.95 Å². The summed E-state index contributed by atoms with van der Waals surface area (Å²) in [5, 5.41) is 3.38. The van der Waals surface area contributed by atoms with Gasteiger partial charge in [0.2, 0.25) is 16.5 Å². The van der Waals surface area contributed by atoms with Crippen LogP contribution in [0.5, 0.6) is 0 Å². The molecule has 2 heterocycles. The molecule has 0 spiro atoms. The fourth-order valence-electron chi connectivity index (χ4n) is 2.14. The lowest BCUT2D eigenvalue weighted by Crippen LogP contribution is -2.30. The van der Waals surface area contributed by atoms with Crippen LogP contribution in [0, 0.1) is 5.92 Å². The molecule has 1 saturated heterocycles. The Bertz CT molecular complexity index is 373. The van der Waals surface area contributed by atoms with Gasteiger partial charge in [0, 0.05) is 6.54 Å². The summed E-state index contributed by atoms with van der Waals surface area (Å²) < 4.78 is 0. The second-order valence-electron chi connectivity index (χ2n) is 4.66. The molecule has 0 radical (unpaired) electrons. The van der Waals surface area contributed by atoms with E-state index in [9.17, 15) is 0 Å². The van der Waals surface area contributed by atoms with Gasteiger partial charge in [-0.2, -0.15) is 15.0 Å². The summed E-state index contributed by atoms with van der Waals surface area (Å²) in [5.41, 5.74) is 0. The summed E-state index contributed by atoms with van der Waals surface area (Å²) in [6, 6.07) is 0. The highest BCUT2D eigenvalue weighted by Crippen LogP contribution is 2.19. The van der Waals surface area contributed by atoms with E-state index in [0.29, 0.717) is 5.95 Å². The molecule has 0 unspecified atom stereocenters. The lowest BCUT2D eigenvalue weighted by Gasteiger charge is -2.28. The molecule has 7 heteroatoms. The zero-order chi connectivity index (χ0) is 13.0. The predicted octanol–water partition coefficient (Wildman–Crippen LogP) is 2.32. The average molecular weight is 290 g/mol. The standard InChI is InChI=1S/C11H17Cl2N5/c1-18-6-3-8(4-7-18)2-5-14-11-16-9(12)15-10(13)17-11/h8H,2-7H2,1H3,(H,14,15,16,17). The van der Waals surface area contributed by atoms with E-state index in [2.05, 4.69) is 32.2 Å². The highest BCUT2D eigenvalue weighted by Gasteiger charge is 2.16. The number of hydrogen-bond acceptors (Lipinski definition) is 5. The van der Waals surface area contributed by atoms with Crippen molar-refractivity contribution in [1.82, 2.24) is 19.9 Å². The monoisotopic (exact) mass is 289 g/mol. The third-order valence-corrected chi connectivity index (χ3v) is 3.59. The molecular formula is C11H17Cl2N5. The number of piperidine rings is 1.